The van der Waals surface area contributed by atoms with Crippen molar-refractivity contribution in [3.63, 3.8) is 0 Å². The molecule has 3 heterocycles. The van der Waals surface area contributed by atoms with Crippen LogP contribution in [0.15, 0.2) is 65.2 Å². The molecule has 1 saturated carbocycles. The third-order valence-electron chi connectivity index (χ3n) is 10.1. The van der Waals surface area contributed by atoms with Crippen LogP contribution in [-0.4, -0.2) is 35.4 Å². The van der Waals surface area contributed by atoms with Gasteiger partial charge in [-0.3, -0.25) is 4.99 Å². The summed E-state index contributed by atoms with van der Waals surface area (Å²) in [4.78, 5) is 12.4. The number of nitrogens with zero attached hydrogens (tertiary/aromatic N) is 3. The molecule has 2 aliphatic heterocycles. The molecule has 8 rings (SSSR count). The number of hydrogen-bond donors (Lipinski definition) is 0. The monoisotopic (exact) mass is 531 g/mol. The van der Waals surface area contributed by atoms with Gasteiger partial charge in [-0.05, 0) is 102 Å². The predicted octanol–water partition coefficient (Wildman–Crippen LogP) is 8.11. The fourth-order valence-corrected chi connectivity index (χ4v) is 8.85. The van der Waals surface area contributed by atoms with Gasteiger partial charge in [0, 0.05) is 42.6 Å². The molecule has 198 valence electrons. The number of thioether (sulfide) groups is 1. The largest absolute Gasteiger partial charge is 0.356 e. The normalized spacial score (nSPS) is 24.6. The summed E-state index contributed by atoms with van der Waals surface area (Å²) in [5.41, 5.74) is 10.4. The van der Waals surface area contributed by atoms with Crippen molar-refractivity contribution in [3.8, 4) is 0 Å². The standard InChI is InChI=1S/C35H37N3S/c1-22-6-4-11-33(37-22)38-18-16-24(21-38)25-12-13-29-30(34(25)35-36-17-19-39-35)15-14-28-26-9-2-3-10-27(26)31(20-32(28)29)23-7-5-8-23/h2,4,6,9,11-15,23-24,31H,3,5,7-8,10,16-21H2,1H3. The topological polar surface area (TPSA) is 28.5 Å². The Labute approximate surface area is 236 Å². The van der Waals surface area contributed by atoms with Crippen LogP contribution < -0.4 is 4.90 Å². The van der Waals surface area contributed by atoms with Crippen molar-refractivity contribution >= 4 is 39.0 Å². The quantitative estimate of drug-likeness (QED) is 0.340. The lowest BCUT2D eigenvalue weighted by molar-refractivity contribution is 0.227. The van der Waals surface area contributed by atoms with E-state index < -0.39 is 0 Å². The van der Waals surface area contributed by atoms with Crippen molar-refractivity contribution in [1.29, 1.82) is 0 Å². The maximum atomic E-state index is 5.05. The summed E-state index contributed by atoms with van der Waals surface area (Å²) >= 11 is 1.96. The molecule has 5 aliphatic rings. The van der Waals surface area contributed by atoms with E-state index in [0.717, 1.165) is 48.7 Å². The van der Waals surface area contributed by atoms with E-state index in [0.29, 0.717) is 5.92 Å². The zero-order chi connectivity index (χ0) is 25.9. The van der Waals surface area contributed by atoms with E-state index in [2.05, 4.69) is 66.4 Å². The molecule has 0 amide bonds. The molecule has 0 spiro atoms. The lowest BCUT2D eigenvalue weighted by Crippen LogP contribution is -2.29. The van der Waals surface area contributed by atoms with Crippen LogP contribution in [0.5, 0.6) is 0 Å². The Morgan fingerprint density at radius 2 is 1.92 bits per heavy atom. The molecule has 2 atom stereocenters. The van der Waals surface area contributed by atoms with Crippen LogP contribution in [0.3, 0.4) is 0 Å². The number of aromatic nitrogens is 1. The van der Waals surface area contributed by atoms with Gasteiger partial charge in [-0.2, -0.15) is 0 Å². The summed E-state index contributed by atoms with van der Waals surface area (Å²) in [6.45, 7) is 5.12. The van der Waals surface area contributed by atoms with Gasteiger partial charge in [0.1, 0.15) is 5.82 Å². The highest BCUT2D eigenvalue weighted by Crippen LogP contribution is 2.50. The van der Waals surface area contributed by atoms with Crippen molar-refractivity contribution in [2.45, 2.75) is 57.8 Å². The van der Waals surface area contributed by atoms with Crippen LogP contribution in [0.4, 0.5) is 5.82 Å². The second-order valence-electron chi connectivity index (χ2n) is 12.2. The Kier molecular flexibility index (Phi) is 5.94. The highest BCUT2D eigenvalue weighted by atomic mass is 32.2. The molecule has 0 bridgehead atoms. The van der Waals surface area contributed by atoms with Gasteiger partial charge in [-0.25, -0.2) is 4.98 Å². The number of fused-ring (bicyclic) bond motifs is 4. The number of rotatable bonds is 4. The molecule has 2 unspecified atom stereocenters. The molecular weight excluding hydrogens is 494 g/mol. The molecule has 0 radical (unpaired) electrons. The molecule has 1 saturated heterocycles. The van der Waals surface area contributed by atoms with Crippen molar-refractivity contribution in [3.05, 3.63) is 88.1 Å². The molecule has 3 aliphatic carbocycles. The zero-order valence-corrected chi connectivity index (χ0v) is 23.8. The van der Waals surface area contributed by atoms with Crippen molar-refractivity contribution in [2.75, 3.05) is 30.3 Å². The molecular formula is C35H37N3S. The number of hydrogen-bond acceptors (Lipinski definition) is 4. The van der Waals surface area contributed by atoms with Gasteiger partial charge < -0.3 is 4.90 Å². The fraction of sp³-hybridized carbons (Fsp3) is 0.429. The first-order valence-electron chi connectivity index (χ1n) is 15.1. The minimum atomic E-state index is 0.505. The lowest BCUT2D eigenvalue weighted by Gasteiger charge is -2.41. The minimum Gasteiger partial charge on any atom is -0.356 e. The smallest absolute Gasteiger partial charge is 0.128 e. The number of aryl methyl sites for hydroxylation is 1. The molecule has 4 heteroatoms. The second kappa shape index (κ2) is 9.66. The third kappa shape index (κ3) is 4.01. The number of anilines is 1. The number of allylic oxidation sites excluding steroid dienone is 4. The van der Waals surface area contributed by atoms with E-state index in [-0.39, 0.29) is 0 Å². The first-order valence-corrected chi connectivity index (χ1v) is 16.1. The number of benzene rings is 2. The van der Waals surface area contributed by atoms with Gasteiger partial charge in [-0.15, -0.1) is 11.8 Å². The van der Waals surface area contributed by atoms with Crippen LogP contribution >= 0.6 is 11.8 Å². The number of pyridine rings is 1. The first kappa shape index (κ1) is 24.0. The van der Waals surface area contributed by atoms with E-state index in [9.17, 15) is 0 Å². The number of aliphatic imine (C=N–C) groups is 1. The lowest BCUT2D eigenvalue weighted by atomic mass is 9.64. The van der Waals surface area contributed by atoms with Crippen molar-refractivity contribution in [1.82, 2.24) is 4.98 Å². The highest BCUT2D eigenvalue weighted by molar-refractivity contribution is 8.14. The van der Waals surface area contributed by atoms with E-state index in [4.69, 9.17) is 9.98 Å². The molecule has 3 nitrogen and oxygen atoms in total. The average Bonchev–Trinajstić information content (AvgIpc) is 3.64. The van der Waals surface area contributed by atoms with E-state index in [1.165, 1.54) is 77.5 Å². The van der Waals surface area contributed by atoms with Crippen molar-refractivity contribution in [2.24, 2.45) is 16.8 Å². The Bertz CT molecular complexity index is 1560. The van der Waals surface area contributed by atoms with Crippen molar-refractivity contribution < 1.29 is 0 Å². The van der Waals surface area contributed by atoms with Gasteiger partial charge in [0.25, 0.3) is 0 Å². The summed E-state index contributed by atoms with van der Waals surface area (Å²) in [5.74, 6) is 4.35. The SMILES string of the molecule is Cc1cccc(N2CCC(c3ccc4c5c(ccc4c3C3=NCCS3)C3=C(CCC=C3)C(C3CCC3)C5)C2)n1. The molecule has 2 aromatic carbocycles. The first-order chi connectivity index (χ1) is 19.2. The third-order valence-corrected chi connectivity index (χ3v) is 11.1. The van der Waals surface area contributed by atoms with Gasteiger partial charge in [0.2, 0.25) is 0 Å². The molecule has 39 heavy (non-hydrogen) atoms. The predicted molar refractivity (Wildman–Crippen MR) is 166 cm³/mol. The Hall–Kier alpha value is -2.85. The Morgan fingerprint density at radius 3 is 2.74 bits per heavy atom. The van der Waals surface area contributed by atoms with Crippen LogP contribution in [-0.2, 0) is 6.42 Å². The maximum absolute atomic E-state index is 5.05. The summed E-state index contributed by atoms with van der Waals surface area (Å²) in [7, 11) is 0. The molecule has 1 aromatic heterocycles. The van der Waals surface area contributed by atoms with E-state index in [1.807, 2.05) is 11.8 Å². The Morgan fingerprint density at radius 1 is 1.00 bits per heavy atom. The van der Waals surface area contributed by atoms with Crippen LogP contribution in [0.2, 0.25) is 0 Å². The van der Waals surface area contributed by atoms with Gasteiger partial charge >= 0.3 is 0 Å². The summed E-state index contributed by atoms with van der Waals surface area (Å²) < 4.78 is 0. The summed E-state index contributed by atoms with van der Waals surface area (Å²) in [6.07, 6.45) is 14.0. The van der Waals surface area contributed by atoms with Gasteiger partial charge in [0.05, 0.1) is 5.04 Å². The van der Waals surface area contributed by atoms with Gasteiger partial charge in [0.15, 0.2) is 0 Å². The summed E-state index contributed by atoms with van der Waals surface area (Å²) in [5, 5.41) is 4.18. The molecule has 3 aromatic rings. The van der Waals surface area contributed by atoms with Crippen LogP contribution in [0.25, 0.3) is 16.3 Å². The van der Waals surface area contributed by atoms with Gasteiger partial charge in [-0.1, -0.05) is 54.5 Å². The summed E-state index contributed by atoms with van der Waals surface area (Å²) in [6, 6.07) is 16.3. The van der Waals surface area contributed by atoms with E-state index >= 15 is 0 Å². The maximum Gasteiger partial charge on any atom is 0.128 e. The molecule has 0 N–H and O–H groups in total. The van der Waals surface area contributed by atoms with Crippen LogP contribution in [0.1, 0.15) is 72.4 Å². The molecule has 2 fully saturated rings. The minimum absolute atomic E-state index is 0.505. The van der Waals surface area contributed by atoms with E-state index in [1.54, 1.807) is 16.7 Å². The highest BCUT2D eigenvalue weighted by Gasteiger charge is 2.36. The van der Waals surface area contributed by atoms with Crippen LogP contribution in [0, 0.1) is 18.8 Å². The Balaban J connectivity index is 1.24. The second-order valence-corrected chi connectivity index (χ2v) is 13.3. The average molecular weight is 532 g/mol. The fourth-order valence-electron chi connectivity index (χ4n) is 7.92. The zero-order valence-electron chi connectivity index (χ0n) is 23.0.